The van der Waals surface area contributed by atoms with Gasteiger partial charge in [-0.15, -0.1) is 5.10 Å². The smallest absolute Gasteiger partial charge is 0.356 e. The third-order valence-electron chi connectivity index (χ3n) is 10.5. The molecule has 1 aromatic heterocycles. The van der Waals surface area contributed by atoms with Crippen LogP contribution < -0.4 is 9.47 Å². The van der Waals surface area contributed by atoms with E-state index in [0.717, 1.165) is 39.1 Å². The van der Waals surface area contributed by atoms with Gasteiger partial charge in [0.05, 0.1) is 45.2 Å². The number of rotatable bonds is 19. The van der Waals surface area contributed by atoms with Crippen LogP contribution in [0.25, 0.3) is 0 Å². The number of methoxy groups -OCH3 is 1. The Morgan fingerprint density at radius 2 is 1.22 bits per heavy atom. The Hall–Kier alpha value is -5.04. The van der Waals surface area contributed by atoms with Gasteiger partial charge in [-0.1, -0.05) is 139 Å². The monoisotopic (exact) mass is 832 g/mol. The second-order valence-corrected chi connectivity index (χ2v) is 15.6. The summed E-state index contributed by atoms with van der Waals surface area (Å²) in [5, 5.41) is 18.5. The Bertz CT molecular complexity index is 2220. The fourth-order valence-corrected chi connectivity index (χ4v) is 7.66. The Labute approximate surface area is 357 Å². The lowest BCUT2D eigenvalue weighted by Gasteiger charge is -2.49. The first kappa shape index (κ1) is 43.1. The van der Waals surface area contributed by atoms with E-state index in [1.807, 2.05) is 165 Å². The molecule has 1 saturated heterocycles. The van der Waals surface area contributed by atoms with Crippen molar-refractivity contribution < 1.29 is 38.3 Å². The predicted octanol–water partition coefficient (Wildman–Crippen LogP) is 9.42. The van der Waals surface area contributed by atoms with Gasteiger partial charge in [0.25, 0.3) is 0 Å². The molecule has 2 heterocycles. The van der Waals surface area contributed by atoms with Gasteiger partial charge in [0.2, 0.25) is 5.88 Å². The molecule has 0 spiro atoms. The van der Waals surface area contributed by atoms with Gasteiger partial charge in [0.1, 0.15) is 24.1 Å². The molecule has 11 heteroatoms. The van der Waals surface area contributed by atoms with E-state index in [-0.39, 0.29) is 38.3 Å². The number of benzene rings is 5. The number of halogens is 1. The zero-order chi connectivity index (χ0) is 41.9. The third-order valence-corrected chi connectivity index (χ3v) is 10.8. The summed E-state index contributed by atoms with van der Waals surface area (Å²) in [4.78, 5) is 0. The Morgan fingerprint density at radius 3 is 1.73 bits per heavy atom. The largest absolute Gasteiger partial charge is 0.495 e. The molecule has 0 aliphatic carbocycles. The van der Waals surface area contributed by atoms with Crippen molar-refractivity contribution in [1.29, 1.82) is 0 Å². The minimum absolute atomic E-state index is 0.0237. The number of hydrogen-bond donors (Lipinski definition) is 1. The van der Waals surface area contributed by atoms with E-state index < -0.39 is 30.4 Å². The summed E-state index contributed by atoms with van der Waals surface area (Å²) in [5.74, 6) is -1.70. The van der Waals surface area contributed by atoms with Gasteiger partial charge in [-0.25, -0.2) is 0 Å². The summed E-state index contributed by atoms with van der Waals surface area (Å²) >= 11 is 6.59. The third kappa shape index (κ3) is 10.8. The van der Waals surface area contributed by atoms with E-state index in [1.54, 1.807) is 7.11 Å². The second-order valence-electron chi connectivity index (χ2n) is 15.2. The molecule has 0 unspecified atom stereocenters. The molecule has 60 heavy (non-hydrogen) atoms. The average molecular weight is 833 g/mol. The maximum Gasteiger partial charge on any atom is 0.356 e. The van der Waals surface area contributed by atoms with Crippen LogP contribution in [0, 0.1) is 6.92 Å². The lowest BCUT2D eigenvalue weighted by Crippen LogP contribution is -2.69. The van der Waals surface area contributed by atoms with Crippen LogP contribution in [0.5, 0.6) is 11.6 Å². The van der Waals surface area contributed by atoms with Gasteiger partial charge in [-0.2, -0.15) is 0 Å². The first-order valence-electron chi connectivity index (χ1n) is 20.3. The summed E-state index contributed by atoms with van der Waals surface area (Å²) in [6.45, 7) is 6.95. The van der Waals surface area contributed by atoms with Crippen molar-refractivity contribution in [3.8, 4) is 11.6 Å². The summed E-state index contributed by atoms with van der Waals surface area (Å²) < 4.78 is 47.5. The number of ether oxygens (including phenoxy) is 7. The van der Waals surface area contributed by atoms with E-state index in [4.69, 9.17) is 49.9 Å². The van der Waals surface area contributed by atoms with Crippen molar-refractivity contribution >= 4 is 11.6 Å². The molecule has 5 aromatic carbocycles. The molecule has 314 valence electrons. The van der Waals surface area contributed by atoms with E-state index in [1.165, 1.54) is 0 Å². The molecule has 6 aromatic rings. The molecule has 1 aliphatic rings. The Morgan fingerprint density at radius 1 is 0.700 bits per heavy atom. The topological polar surface area (TPSA) is 103 Å². The molecule has 0 bridgehead atoms. The van der Waals surface area contributed by atoms with Crippen LogP contribution in [-0.4, -0.2) is 59.0 Å². The lowest BCUT2D eigenvalue weighted by atomic mass is 9.96. The standard InChI is InChI=1S/C49H53ClN2O8/c1-34(2)52-35(3)41(27-40-25-26-43(54-4)42(50)28-40)48(51-52)60-49(53)47(58-32-39-23-15-8-16-24-39)46(57-31-38-21-13-7-14-22-38)45(56-30-37-19-11-6-12-20-37)44(59-49)33-55-29-36-17-9-5-10-18-36/h5-26,28,34,44-47,53H,27,29-33H2,1-4H3/t44-,45-,46+,47-,49-/m1/s1. The molecule has 1 aliphatic heterocycles. The average Bonchev–Trinajstić information content (AvgIpc) is 3.56. The van der Waals surface area contributed by atoms with Crippen LogP contribution in [0.2, 0.25) is 5.02 Å². The highest BCUT2D eigenvalue weighted by Gasteiger charge is 2.59. The van der Waals surface area contributed by atoms with Crippen molar-refractivity contribution in [1.82, 2.24) is 9.78 Å². The van der Waals surface area contributed by atoms with Crippen molar-refractivity contribution in [3.63, 3.8) is 0 Å². The fourth-order valence-electron chi connectivity index (χ4n) is 7.38. The van der Waals surface area contributed by atoms with Crippen LogP contribution in [0.1, 0.15) is 59.0 Å². The van der Waals surface area contributed by atoms with Crippen LogP contribution in [0.15, 0.2) is 140 Å². The van der Waals surface area contributed by atoms with Crippen LogP contribution in [0.4, 0.5) is 0 Å². The molecule has 0 amide bonds. The van der Waals surface area contributed by atoms with E-state index in [2.05, 4.69) is 0 Å². The number of aliphatic hydroxyl groups is 1. The van der Waals surface area contributed by atoms with E-state index in [9.17, 15) is 5.11 Å². The lowest BCUT2D eigenvalue weighted by molar-refractivity contribution is -0.436. The SMILES string of the molecule is COc1ccc(Cc2c(O[C@]3(O)O[C@H](COCc4ccccc4)[C@@H](OCc4ccccc4)[C@H](OCc4ccccc4)[C@H]3OCc3ccccc3)nn(C(C)C)c2C)cc1Cl. The molecule has 1 N–H and O–H groups in total. The molecule has 0 radical (unpaired) electrons. The van der Waals surface area contributed by atoms with Crippen LogP contribution in [0.3, 0.4) is 0 Å². The predicted molar refractivity (Wildman–Crippen MR) is 230 cm³/mol. The van der Waals surface area contributed by atoms with Gasteiger partial charge in [-0.3, -0.25) is 4.68 Å². The van der Waals surface area contributed by atoms with Crippen molar-refractivity contribution in [3.05, 3.63) is 184 Å². The number of aromatic nitrogens is 2. The Kier molecular flexibility index (Phi) is 14.7. The van der Waals surface area contributed by atoms with Gasteiger partial charge in [0.15, 0.2) is 6.10 Å². The highest BCUT2D eigenvalue weighted by Crippen LogP contribution is 2.39. The quantitative estimate of drug-likeness (QED) is 0.0800. The van der Waals surface area contributed by atoms with E-state index in [0.29, 0.717) is 23.8 Å². The molecule has 7 rings (SSSR count). The molecular weight excluding hydrogens is 780 g/mol. The maximum absolute atomic E-state index is 13.1. The minimum Gasteiger partial charge on any atom is -0.495 e. The molecule has 10 nitrogen and oxygen atoms in total. The van der Waals surface area contributed by atoms with E-state index >= 15 is 0 Å². The van der Waals surface area contributed by atoms with Gasteiger partial charge in [0, 0.05) is 23.7 Å². The summed E-state index contributed by atoms with van der Waals surface area (Å²) in [6.07, 6.45) is -3.47. The van der Waals surface area contributed by atoms with Crippen LogP contribution >= 0.6 is 11.6 Å². The summed E-state index contributed by atoms with van der Waals surface area (Å²) in [6, 6.07) is 45.0. The normalized spacial score (nSPS) is 20.3. The zero-order valence-electron chi connectivity index (χ0n) is 34.5. The molecule has 1 fully saturated rings. The number of nitrogens with zero attached hydrogens (tertiary/aromatic N) is 2. The minimum atomic E-state index is -2.45. The highest BCUT2D eigenvalue weighted by molar-refractivity contribution is 6.32. The van der Waals surface area contributed by atoms with Gasteiger partial charge in [-0.05, 0) is 60.7 Å². The Balaban J connectivity index is 1.30. The summed E-state index contributed by atoms with van der Waals surface area (Å²) in [7, 11) is 1.58. The van der Waals surface area contributed by atoms with Crippen molar-refractivity contribution in [2.45, 2.75) is 90.1 Å². The highest BCUT2D eigenvalue weighted by atomic mass is 35.5. The maximum atomic E-state index is 13.1. The van der Waals surface area contributed by atoms with Gasteiger partial charge >= 0.3 is 5.97 Å². The van der Waals surface area contributed by atoms with Crippen molar-refractivity contribution in [2.24, 2.45) is 0 Å². The fraction of sp³-hybridized carbons (Fsp3) is 0.327. The zero-order valence-corrected chi connectivity index (χ0v) is 35.2. The second kappa shape index (κ2) is 20.5. The van der Waals surface area contributed by atoms with Crippen molar-refractivity contribution in [2.75, 3.05) is 13.7 Å². The van der Waals surface area contributed by atoms with Crippen LogP contribution in [-0.2, 0) is 56.5 Å². The first-order chi connectivity index (χ1) is 29.2. The first-order valence-corrected chi connectivity index (χ1v) is 20.7. The summed E-state index contributed by atoms with van der Waals surface area (Å²) in [5.41, 5.74) is 6.26. The number of hydrogen-bond acceptors (Lipinski definition) is 9. The molecule has 5 atom stereocenters. The van der Waals surface area contributed by atoms with Gasteiger partial charge < -0.3 is 38.3 Å². The molecular formula is C49H53ClN2O8. The molecule has 0 saturated carbocycles.